The molecule has 3 aliphatic rings. The Morgan fingerprint density at radius 3 is 1.71 bits per heavy atom. The predicted octanol–water partition coefficient (Wildman–Crippen LogP) is 3.38. The molecule has 0 aromatic rings. The lowest BCUT2D eigenvalue weighted by molar-refractivity contribution is -0.188. The fraction of sp³-hybridized carbons (Fsp3) is 0.636. The van der Waals surface area contributed by atoms with Crippen LogP contribution in [0.25, 0.3) is 0 Å². The van der Waals surface area contributed by atoms with Crippen LogP contribution in [0, 0.1) is 11.8 Å². The Hall–Kier alpha value is 0.580. The number of alkyl halides is 4. The molecule has 0 unspecified atom stereocenters. The fourth-order valence-electron chi connectivity index (χ4n) is 3.23. The van der Waals surface area contributed by atoms with E-state index in [0.29, 0.717) is 5.06 Å². The third-order valence-corrected chi connectivity index (χ3v) is 8.39. The zero-order chi connectivity index (χ0) is 16.0. The normalized spacial score (nSPS) is 44.0. The number of carbonyl (C=O) groups is 2. The van der Waals surface area contributed by atoms with Gasteiger partial charge < -0.3 is 0 Å². The number of imide groups is 1. The monoisotopic (exact) mass is 411 g/mol. The molecule has 0 radical (unpaired) electrons. The first-order chi connectivity index (χ1) is 9.58. The number of amides is 2. The molecule has 1 saturated carbocycles. The molecule has 4 nitrogen and oxygen atoms in total. The maximum Gasteiger partial charge on any atom is 0.259 e. The summed E-state index contributed by atoms with van der Waals surface area (Å²) >= 11 is 37.8. The molecule has 0 aromatic heterocycles. The number of nitrogens with zero attached hydrogens (tertiary/aromatic N) is 1. The molecule has 2 fully saturated rings. The molecule has 1 aliphatic heterocycles. The van der Waals surface area contributed by atoms with Crippen molar-refractivity contribution in [3.8, 4) is 0 Å². The van der Waals surface area contributed by atoms with Crippen LogP contribution < -0.4 is 0 Å². The molecular weight excluding hydrogens is 407 g/mol. The SMILES string of the molecule is CCON1C(=O)[C@@H]2[C@@H](C1=O)[C@@]1(Cl)C(Cl)=C(Cl)[C@@]2(Cl)C1(Cl)Cl. The zero-order valence-electron chi connectivity index (χ0n) is 10.3. The van der Waals surface area contributed by atoms with Gasteiger partial charge in [-0.05, 0) is 6.92 Å². The second-order valence-corrected chi connectivity index (χ2v) is 8.25. The second kappa shape index (κ2) is 4.56. The van der Waals surface area contributed by atoms with E-state index in [9.17, 15) is 9.59 Å². The number of hydroxylamine groups is 2. The van der Waals surface area contributed by atoms with Gasteiger partial charge in [-0.1, -0.05) is 46.4 Å². The topological polar surface area (TPSA) is 46.6 Å². The Bertz CT molecular complexity index is 561. The van der Waals surface area contributed by atoms with Crippen molar-refractivity contribution in [2.75, 3.05) is 6.61 Å². The van der Waals surface area contributed by atoms with Gasteiger partial charge in [0.15, 0.2) is 4.33 Å². The number of fused-ring (bicyclic) bond motifs is 5. The van der Waals surface area contributed by atoms with Crippen molar-refractivity contribution in [2.24, 2.45) is 11.8 Å². The highest BCUT2D eigenvalue weighted by atomic mass is 35.5. The molecule has 116 valence electrons. The minimum atomic E-state index is -1.91. The van der Waals surface area contributed by atoms with E-state index in [1.54, 1.807) is 6.92 Å². The van der Waals surface area contributed by atoms with Gasteiger partial charge in [0.1, 0.15) is 9.75 Å². The van der Waals surface area contributed by atoms with Crippen LogP contribution in [-0.4, -0.2) is 37.6 Å². The van der Waals surface area contributed by atoms with Crippen LogP contribution in [0.4, 0.5) is 0 Å². The summed E-state index contributed by atoms with van der Waals surface area (Å²) in [6.07, 6.45) is 0. The van der Waals surface area contributed by atoms with E-state index in [0.717, 1.165) is 0 Å². The molecule has 21 heavy (non-hydrogen) atoms. The van der Waals surface area contributed by atoms with E-state index < -0.39 is 37.7 Å². The molecule has 2 aliphatic carbocycles. The van der Waals surface area contributed by atoms with E-state index in [1.807, 2.05) is 0 Å². The van der Waals surface area contributed by atoms with Gasteiger partial charge in [0, 0.05) is 0 Å². The smallest absolute Gasteiger partial charge is 0.259 e. The molecule has 2 amide bonds. The lowest BCUT2D eigenvalue weighted by atomic mass is 9.84. The van der Waals surface area contributed by atoms with E-state index in [-0.39, 0.29) is 16.7 Å². The van der Waals surface area contributed by atoms with Crippen molar-refractivity contribution >= 4 is 81.4 Å². The standard InChI is InChI=1S/C11H7Cl6NO3/c1-2-21-18-7(19)3-4(8(18)20)10(15)6(13)5(12)9(3,14)11(10,16)17/h3-4H,2H2,1H3/t3-,4-,9+,10+/m0/s1. The maximum absolute atomic E-state index is 12.5. The molecule has 2 bridgehead atoms. The van der Waals surface area contributed by atoms with Crippen LogP contribution in [-0.2, 0) is 14.4 Å². The minimum absolute atomic E-state index is 0.114. The molecular formula is C11H7Cl6NO3. The second-order valence-electron chi connectivity index (χ2n) is 4.97. The van der Waals surface area contributed by atoms with Gasteiger partial charge in [0.05, 0.1) is 28.5 Å². The van der Waals surface area contributed by atoms with Gasteiger partial charge in [0.2, 0.25) is 0 Å². The Kier molecular flexibility index (Phi) is 3.57. The van der Waals surface area contributed by atoms with Crippen LogP contribution in [0.1, 0.15) is 6.92 Å². The van der Waals surface area contributed by atoms with Crippen LogP contribution in [0.15, 0.2) is 10.1 Å². The van der Waals surface area contributed by atoms with Crippen LogP contribution in [0.3, 0.4) is 0 Å². The average Bonchev–Trinajstić information content (AvgIpc) is 2.78. The summed E-state index contributed by atoms with van der Waals surface area (Å²) in [6.45, 7) is 1.74. The third-order valence-electron chi connectivity index (χ3n) is 4.13. The van der Waals surface area contributed by atoms with E-state index in [4.69, 9.17) is 74.4 Å². The summed E-state index contributed by atoms with van der Waals surface area (Å²) < 4.78 is -1.91. The van der Waals surface area contributed by atoms with Gasteiger partial charge >= 0.3 is 0 Å². The molecule has 4 atom stereocenters. The van der Waals surface area contributed by atoms with Crippen molar-refractivity contribution in [1.82, 2.24) is 5.06 Å². The number of hydrogen-bond acceptors (Lipinski definition) is 3. The van der Waals surface area contributed by atoms with Gasteiger partial charge in [0.25, 0.3) is 11.8 Å². The molecule has 0 N–H and O–H groups in total. The quantitative estimate of drug-likeness (QED) is 0.515. The minimum Gasteiger partial charge on any atom is -0.272 e. The summed E-state index contributed by atoms with van der Waals surface area (Å²) in [5.41, 5.74) is 0. The number of halogens is 6. The van der Waals surface area contributed by atoms with E-state index in [1.165, 1.54) is 0 Å². The lowest BCUT2D eigenvalue weighted by Gasteiger charge is -2.34. The van der Waals surface area contributed by atoms with Crippen LogP contribution in [0.2, 0.25) is 0 Å². The first-order valence-corrected chi connectivity index (χ1v) is 8.17. The maximum atomic E-state index is 12.5. The Labute approximate surface area is 150 Å². The Balaban J connectivity index is 2.23. The summed E-state index contributed by atoms with van der Waals surface area (Å²) in [5, 5.41) is 0.393. The van der Waals surface area contributed by atoms with Crippen molar-refractivity contribution < 1.29 is 14.4 Å². The van der Waals surface area contributed by atoms with Gasteiger partial charge in [-0.3, -0.25) is 14.4 Å². The molecule has 0 aromatic carbocycles. The number of rotatable bonds is 2. The van der Waals surface area contributed by atoms with Crippen molar-refractivity contribution in [3.63, 3.8) is 0 Å². The largest absolute Gasteiger partial charge is 0.272 e. The first kappa shape index (κ1) is 16.4. The number of hydrogen-bond donors (Lipinski definition) is 0. The van der Waals surface area contributed by atoms with Gasteiger partial charge in [-0.25, -0.2) is 0 Å². The van der Waals surface area contributed by atoms with E-state index >= 15 is 0 Å². The summed E-state index contributed by atoms with van der Waals surface area (Å²) in [6, 6.07) is 0. The Morgan fingerprint density at radius 2 is 1.38 bits per heavy atom. The molecule has 1 saturated heterocycles. The highest BCUT2D eigenvalue weighted by Gasteiger charge is 2.87. The zero-order valence-corrected chi connectivity index (χ0v) is 14.8. The highest BCUT2D eigenvalue weighted by Crippen LogP contribution is 2.77. The van der Waals surface area contributed by atoms with E-state index in [2.05, 4.69) is 0 Å². The van der Waals surface area contributed by atoms with Crippen LogP contribution >= 0.6 is 69.6 Å². The highest BCUT2D eigenvalue weighted by molar-refractivity contribution is 6.66. The van der Waals surface area contributed by atoms with Gasteiger partial charge in [-0.2, -0.15) is 5.06 Å². The fourth-order valence-corrected chi connectivity index (χ4v) is 6.15. The summed E-state index contributed by atoms with van der Waals surface area (Å²) in [5.74, 6) is -3.64. The van der Waals surface area contributed by atoms with Gasteiger partial charge in [-0.15, -0.1) is 23.2 Å². The summed E-state index contributed by atoms with van der Waals surface area (Å²) in [4.78, 5) is 26.4. The lowest BCUT2D eigenvalue weighted by Crippen LogP contribution is -2.50. The predicted molar refractivity (Wildman–Crippen MR) is 80.8 cm³/mol. The molecule has 3 rings (SSSR count). The number of allylic oxidation sites excluding steroid dienone is 2. The molecule has 10 heteroatoms. The van der Waals surface area contributed by atoms with Crippen molar-refractivity contribution in [3.05, 3.63) is 10.1 Å². The summed E-state index contributed by atoms with van der Waals surface area (Å²) in [7, 11) is 0. The Morgan fingerprint density at radius 1 is 1.00 bits per heavy atom. The average molecular weight is 414 g/mol. The number of carbonyl (C=O) groups excluding carboxylic acids is 2. The third kappa shape index (κ3) is 1.47. The van der Waals surface area contributed by atoms with Crippen molar-refractivity contribution in [1.29, 1.82) is 0 Å². The van der Waals surface area contributed by atoms with Crippen molar-refractivity contribution in [2.45, 2.75) is 21.0 Å². The van der Waals surface area contributed by atoms with Crippen LogP contribution in [0.5, 0.6) is 0 Å². The molecule has 0 spiro atoms. The first-order valence-electron chi connectivity index (χ1n) is 5.91. The molecule has 1 heterocycles.